The van der Waals surface area contributed by atoms with Gasteiger partial charge < -0.3 is 5.11 Å². The van der Waals surface area contributed by atoms with Gasteiger partial charge in [-0.3, -0.25) is 0 Å². The SMILES string of the molecule is Cc1ccc(C(=O)O)cc1C.[Hg]. The summed E-state index contributed by atoms with van der Waals surface area (Å²) in [5, 5.41) is 8.60. The van der Waals surface area contributed by atoms with Crippen LogP contribution in [0.2, 0.25) is 0 Å². The minimum Gasteiger partial charge on any atom is -0.478 e. The second-order valence-corrected chi connectivity index (χ2v) is 2.60. The predicted octanol–water partition coefficient (Wildman–Crippen LogP) is 2.00. The molecule has 0 saturated carbocycles. The van der Waals surface area contributed by atoms with Crippen LogP contribution in [0.3, 0.4) is 0 Å². The summed E-state index contributed by atoms with van der Waals surface area (Å²) in [5.74, 6) is -0.867. The summed E-state index contributed by atoms with van der Waals surface area (Å²) >= 11 is 0. The molecule has 0 aromatic heterocycles. The molecule has 0 bridgehead atoms. The van der Waals surface area contributed by atoms with Gasteiger partial charge in [0.15, 0.2) is 0 Å². The number of hydrogen-bond acceptors (Lipinski definition) is 1. The maximum Gasteiger partial charge on any atom is 0.335 e. The molecule has 1 rings (SSSR count). The van der Waals surface area contributed by atoms with Crippen molar-refractivity contribution in [1.82, 2.24) is 0 Å². The third kappa shape index (κ3) is 2.59. The van der Waals surface area contributed by atoms with Gasteiger partial charge in [-0.1, -0.05) is 6.07 Å². The van der Waals surface area contributed by atoms with Gasteiger partial charge in [0.25, 0.3) is 0 Å². The molecule has 12 heavy (non-hydrogen) atoms. The molecule has 0 aliphatic rings. The molecule has 0 fully saturated rings. The van der Waals surface area contributed by atoms with Gasteiger partial charge in [0.2, 0.25) is 0 Å². The molecule has 0 radical (unpaired) electrons. The van der Waals surface area contributed by atoms with E-state index in [1.165, 1.54) is 0 Å². The number of aryl methyl sites for hydroxylation is 2. The Balaban J connectivity index is 0.00000121. The van der Waals surface area contributed by atoms with E-state index in [1.54, 1.807) is 12.1 Å². The standard InChI is InChI=1S/C9H10O2.Hg/c1-6-3-4-8(9(10)11)5-7(6)2;/h3-5H,1-2H3,(H,10,11);. The zero-order valence-electron chi connectivity index (χ0n) is 7.29. The molecular formula is C9H10HgO2. The normalized spacial score (nSPS) is 8.83. The van der Waals surface area contributed by atoms with Gasteiger partial charge >= 0.3 is 5.97 Å². The fraction of sp³-hybridized carbons (Fsp3) is 0.222. The van der Waals surface area contributed by atoms with Crippen molar-refractivity contribution in [1.29, 1.82) is 0 Å². The Kier molecular flexibility index (Phi) is 4.46. The molecule has 0 unspecified atom stereocenters. The van der Waals surface area contributed by atoms with Crippen LogP contribution in [-0.2, 0) is 27.7 Å². The molecule has 60 valence electrons. The largest absolute Gasteiger partial charge is 0.478 e. The molecule has 2 nitrogen and oxygen atoms in total. The Hall–Kier alpha value is -0.375. The number of aromatic carboxylic acids is 1. The summed E-state index contributed by atoms with van der Waals surface area (Å²) in [5.41, 5.74) is 2.49. The predicted molar refractivity (Wildman–Crippen MR) is 42.9 cm³/mol. The maximum absolute atomic E-state index is 10.5. The van der Waals surface area contributed by atoms with Gasteiger partial charge in [-0.15, -0.1) is 0 Å². The molecule has 0 atom stereocenters. The Morgan fingerprint density at radius 1 is 1.25 bits per heavy atom. The van der Waals surface area contributed by atoms with Crippen LogP contribution in [0.1, 0.15) is 21.5 Å². The number of rotatable bonds is 1. The van der Waals surface area contributed by atoms with E-state index in [2.05, 4.69) is 0 Å². The van der Waals surface area contributed by atoms with Crippen LogP contribution in [-0.4, -0.2) is 11.1 Å². The zero-order valence-corrected chi connectivity index (χ0v) is 12.8. The number of benzene rings is 1. The third-order valence-electron chi connectivity index (χ3n) is 1.75. The maximum atomic E-state index is 10.5. The molecule has 1 aromatic rings. The molecule has 0 aliphatic heterocycles. The monoisotopic (exact) mass is 352 g/mol. The van der Waals surface area contributed by atoms with Gasteiger partial charge in [-0.05, 0) is 37.1 Å². The second-order valence-electron chi connectivity index (χ2n) is 2.60. The topological polar surface area (TPSA) is 37.3 Å². The fourth-order valence-electron chi connectivity index (χ4n) is 0.874. The van der Waals surface area contributed by atoms with Crippen LogP contribution in [0.4, 0.5) is 0 Å². The van der Waals surface area contributed by atoms with Gasteiger partial charge in [0.1, 0.15) is 0 Å². The van der Waals surface area contributed by atoms with Crippen molar-refractivity contribution in [2.75, 3.05) is 0 Å². The summed E-state index contributed by atoms with van der Waals surface area (Å²) < 4.78 is 0. The number of hydrogen-bond donors (Lipinski definition) is 1. The van der Waals surface area contributed by atoms with E-state index in [-0.39, 0.29) is 27.7 Å². The van der Waals surface area contributed by atoms with E-state index in [0.29, 0.717) is 5.56 Å². The quantitative estimate of drug-likeness (QED) is 0.787. The Labute approximate surface area is 92.1 Å². The fourth-order valence-corrected chi connectivity index (χ4v) is 0.874. The first-order chi connectivity index (χ1) is 5.11. The molecule has 0 heterocycles. The number of carbonyl (C=O) groups is 1. The van der Waals surface area contributed by atoms with Crippen molar-refractivity contribution >= 4 is 5.97 Å². The molecule has 1 N–H and O–H groups in total. The smallest absolute Gasteiger partial charge is 0.335 e. The zero-order chi connectivity index (χ0) is 8.43. The van der Waals surface area contributed by atoms with E-state index in [9.17, 15) is 4.79 Å². The van der Waals surface area contributed by atoms with Crippen molar-refractivity contribution in [3.05, 3.63) is 34.9 Å². The average Bonchev–Trinajstić information content (AvgIpc) is 1.94. The summed E-state index contributed by atoms with van der Waals surface area (Å²) in [4.78, 5) is 10.5. The van der Waals surface area contributed by atoms with E-state index in [1.807, 2.05) is 19.9 Å². The summed E-state index contributed by atoms with van der Waals surface area (Å²) in [6.45, 7) is 3.86. The van der Waals surface area contributed by atoms with Crippen LogP contribution >= 0.6 is 0 Å². The van der Waals surface area contributed by atoms with E-state index in [0.717, 1.165) is 11.1 Å². The van der Waals surface area contributed by atoms with Crippen molar-refractivity contribution in [3.8, 4) is 0 Å². The third-order valence-corrected chi connectivity index (χ3v) is 1.75. The van der Waals surface area contributed by atoms with Gasteiger partial charge in [0, 0.05) is 27.7 Å². The Morgan fingerprint density at radius 3 is 2.25 bits per heavy atom. The van der Waals surface area contributed by atoms with Crippen molar-refractivity contribution in [3.63, 3.8) is 0 Å². The minimum absolute atomic E-state index is 0. The summed E-state index contributed by atoms with van der Waals surface area (Å²) in [6, 6.07) is 5.11. The average molecular weight is 351 g/mol. The van der Waals surface area contributed by atoms with Crippen LogP contribution in [0.15, 0.2) is 18.2 Å². The van der Waals surface area contributed by atoms with E-state index in [4.69, 9.17) is 5.11 Å². The van der Waals surface area contributed by atoms with Crippen LogP contribution in [0, 0.1) is 13.8 Å². The molecule has 0 aliphatic carbocycles. The van der Waals surface area contributed by atoms with Crippen LogP contribution < -0.4 is 0 Å². The van der Waals surface area contributed by atoms with Crippen molar-refractivity contribution in [2.45, 2.75) is 13.8 Å². The first-order valence-corrected chi connectivity index (χ1v) is 3.42. The van der Waals surface area contributed by atoms with Gasteiger partial charge in [0.05, 0.1) is 5.56 Å². The minimum atomic E-state index is -0.867. The van der Waals surface area contributed by atoms with Crippen molar-refractivity contribution in [2.24, 2.45) is 0 Å². The molecule has 3 heteroatoms. The Morgan fingerprint density at radius 2 is 1.83 bits per heavy atom. The first kappa shape index (κ1) is 11.6. The van der Waals surface area contributed by atoms with Crippen LogP contribution in [0.5, 0.6) is 0 Å². The van der Waals surface area contributed by atoms with E-state index < -0.39 is 5.97 Å². The van der Waals surface area contributed by atoms with Crippen molar-refractivity contribution < 1.29 is 37.6 Å². The number of carboxylic acids is 1. The molecular weight excluding hydrogens is 341 g/mol. The van der Waals surface area contributed by atoms with Gasteiger partial charge in [-0.2, -0.15) is 0 Å². The molecule has 1 aromatic carbocycles. The van der Waals surface area contributed by atoms with Gasteiger partial charge in [-0.25, -0.2) is 4.79 Å². The number of carboxylic acid groups (broad SMARTS) is 1. The van der Waals surface area contributed by atoms with E-state index >= 15 is 0 Å². The molecule has 0 amide bonds. The van der Waals surface area contributed by atoms with Crippen LogP contribution in [0.25, 0.3) is 0 Å². The second kappa shape index (κ2) is 4.60. The molecule has 0 spiro atoms. The molecule has 0 saturated heterocycles. The summed E-state index contributed by atoms with van der Waals surface area (Å²) in [6.07, 6.45) is 0. The Bertz CT molecular complexity index is 295. The summed E-state index contributed by atoms with van der Waals surface area (Å²) in [7, 11) is 0. The first-order valence-electron chi connectivity index (χ1n) is 3.42.